The van der Waals surface area contributed by atoms with Crippen LogP contribution in [0.2, 0.25) is 0 Å². The lowest BCUT2D eigenvalue weighted by atomic mass is 9.86. The van der Waals surface area contributed by atoms with Gasteiger partial charge in [-0.15, -0.1) is 0 Å². The minimum absolute atomic E-state index is 0.0630. The largest absolute Gasteiger partial charge is 0.481 e. The molecule has 7 heteroatoms. The van der Waals surface area contributed by atoms with Crippen molar-refractivity contribution in [3.05, 3.63) is 0 Å². The highest BCUT2D eigenvalue weighted by Gasteiger charge is 2.63. The summed E-state index contributed by atoms with van der Waals surface area (Å²) in [6.07, 6.45) is -5.09. The van der Waals surface area contributed by atoms with Gasteiger partial charge in [0.2, 0.25) is 0 Å². The summed E-state index contributed by atoms with van der Waals surface area (Å²) in [5.74, 6) is -1.83. The van der Waals surface area contributed by atoms with Crippen molar-refractivity contribution < 1.29 is 23.1 Å². The molecule has 1 saturated heterocycles. The van der Waals surface area contributed by atoms with E-state index in [4.69, 9.17) is 10.4 Å². The Hall–Kier alpha value is -1.29. The van der Waals surface area contributed by atoms with Gasteiger partial charge in [-0.05, 0) is 13.0 Å². The molecule has 0 bridgehead atoms. The molecule has 1 aliphatic heterocycles. The molecule has 0 saturated carbocycles. The first-order valence-corrected chi connectivity index (χ1v) is 4.73. The fourth-order valence-corrected chi connectivity index (χ4v) is 1.81. The Bertz CT molecular complexity index is 324. The molecular formula is C9H11F3N2O2. The second kappa shape index (κ2) is 4.29. The smallest absolute Gasteiger partial charge is 0.406 e. The second-order valence-electron chi connectivity index (χ2n) is 3.82. The van der Waals surface area contributed by atoms with Gasteiger partial charge in [-0.3, -0.25) is 4.79 Å². The number of likely N-dealkylation sites (tertiary alicyclic amines) is 1. The third kappa shape index (κ3) is 2.11. The number of carbonyl (C=O) groups is 1. The number of hydrogen-bond acceptors (Lipinski definition) is 3. The summed E-state index contributed by atoms with van der Waals surface area (Å²) in [5, 5.41) is 17.0. The normalized spacial score (nSPS) is 26.6. The van der Waals surface area contributed by atoms with Crippen LogP contribution in [0.1, 0.15) is 12.8 Å². The number of nitrogens with zero attached hydrogens (tertiary/aromatic N) is 2. The van der Waals surface area contributed by atoms with E-state index in [-0.39, 0.29) is 19.5 Å². The van der Waals surface area contributed by atoms with Gasteiger partial charge >= 0.3 is 12.1 Å². The van der Waals surface area contributed by atoms with Crippen LogP contribution < -0.4 is 0 Å². The number of halogens is 3. The van der Waals surface area contributed by atoms with Crippen LogP contribution in [0.5, 0.6) is 0 Å². The van der Waals surface area contributed by atoms with Gasteiger partial charge < -0.3 is 10.0 Å². The first-order chi connectivity index (χ1) is 7.33. The quantitative estimate of drug-likeness (QED) is 0.800. The van der Waals surface area contributed by atoms with Crippen LogP contribution in [0.25, 0.3) is 0 Å². The Morgan fingerprint density at radius 3 is 2.56 bits per heavy atom. The number of aliphatic carboxylic acids is 1. The predicted octanol–water partition coefficient (Wildman–Crippen LogP) is 1.24. The Kier molecular flexibility index (Phi) is 3.43. The molecule has 0 aromatic heterocycles. The highest BCUT2D eigenvalue weighted by atomic mass is 19.4. The zero-order valence-electron chi connectivity index (χ0n) is 8.42. The minimum atomic E-state index is -4.75. The first-order valence-electron chi connectivity index (χ1n) is 4.73. The average molecular weight is 236 g/mol. The third-order valence-electron chi connectivity index (χ3n) is 2.84. The summed E-state index contributed by atoms with van der Waals surface area (Å²) in [7, 11) is 0. The van der Waals surface area contributed by atoms with Gasteiger partial charge in [-0.2, -0.15) is 18.4 Å². The molecule has 1 aliphatic rings. The van der Waals surface area contributed by atoms with E-state index in [0.29, 0.717) is 0 Å². The molecule has 0 radical (unpaired) electrons. The lowest BCUT2D eigenvalue weighted by molar-refractivity contribution is -0.227. The molecule has 16 heavy (non-hydrogen) atoms. The number of hydrogen-bond donors (Lipinski definition) is 1. The molecule has 4 nitrogen and oxygen atoms in total. The van der Waals surface area contributed by atoms with Crippen molar-refractivity contribution in [2.75, 3.05) is 19.6 Å². The van der Waals surface area contributed by atoms with Crippen LogP contribution in [-0.2, 0) is 4.79 Å². The van der Waals surface area contributed by atoms with E-state index in [1.807, 2.05) is 6.07 Å². The van der Waals surface area contributed by atoms with Gasteiger partial charge in [0, 0.05) is 19.5 Å². The van der Waals surface area contributed by atoms with Crippen LogP contribution in [-0.4, -0.2) is 41.8 Å². The molecule has 1 atom stereocenters. The number of alkyl halides is 3. The van der Waals surface area contributed by atoms with Crippen molar-refractivity contribution in [1.29, 1.82) is 5.26 Å². The first kappa shape index (κ1) is 12.8. The van der Waals surface area contributed by atoms with Gasteiger partial charge in [-0.1, -0.05) is 0 Å². The topological polar surface area (TPSA) is 64.3 Å². The molecule has 0 aromatic carbocycles. The Morgan fingerprint density at radius 1 is 1.56 bits per heavy atom. The van der Waals surface area contributed by atoms with Crippen molar-refractivity contribution in [1.82, 2.24) is 4.90 Å². The van der Waals surface area contributed by atoms with Gasteiger partial charge in [0.05, 0.1) is 6.07 Å². The summed E-state index contributed by atoms with van der Waals surface area (Å²) in [6.45, 7) is -0.317. The molecule has 0 aliphatic carbocycles. The van der Waals surface area contributed by atoms with Gasteiger partial charge in [0.25, 0.3) is 0 Å². The van der Waals surface area contributed by atoms with E-state index in [2.05, 4.69) is 0 Å². The summed E-state index contributed by atoms with van der Waals surface area (Å²) in [6, 6.07) is 1.82. The minimum Gasteiger partial charge on any atom is -0.481 e. The van der Waals surface area contributed by atoms with E-state index in [0.717, 1.165) is 0 Å². The Balaban J connectivity index is 2.78. The molecular weight excluding hydrogens is 225 g/mol. The van der Waals surface area contributed by atoms with Crippen molar-refractivity contribution >= 4 is 5.97 Å². The number of carboxylic acids is 1. The third-order valence-corrected chi connectivity index (χ3v) is 2.84. The van der Waals surface area contributed by atoms with Crippen molar-refractivity contribution in [3.63, 3.8) is 0 Å². The van der Waals surface area contributed by atoms with Crippen LogP contribution in [0.15, 0.2) is 0 Å². The lowest BCUT2D eigenvalue weighted by Gasteiger charge is -2.27. The fourth-order valence-electron chi connectivity index (χ4n) is 1.81. The molecule has 1 fully saturated rings. The maximum Gasteiger partial charge on any atom is 0.406 e. The molecule has 0 aromatic rings. The summed E-state index contributed by atoms with van der Waals surface area (Å²) in [5.41, 5.74) is -2.66. The molecule has 0 amide bonds. The van der Waals surface area contributed by atoms with Gasteiger partial charge in [0.15, 0.2) is 5.41 Å². The van der Waals surface area contributed by atoms with E-state index in [1.165, 1.54) is 4.90 Å². The van der Waals surface area contributed by atoms with E-state index >= 15 is 0 Å². The van der Waals surface area contributed by atoms with E-state index < -0.39 is 30.5 Å². The highest BCUT2D eigenvalue weighted by molar-refractivity contribution is 5.76. The maximum absolute atomic E-state index is 12.7. The Morgan fingerprint density at radius 2 is 2.19 bits per heavy atom. The Labute approximate surface area is 90.3 Å². The number of nitriles is 1. The van der Waals surface area contributed by atoms with Crippen LogP contribution in [0.3, 0.4) is 0 Å². The van der Waals surface area contributed by atoms with E-state index in [1.54, 1.807) is 0 Å². The summed E-state index contributed by atoms with van der Waals surface area (Å²) in [4.78, 5) is 12.1. The van der Waals surface area contributed by atoms with Crippen LogP contribution in [0, 0.1) is 16.7 Å². The highest BCUT2D eigenvalue weighted by Crippen LogP contribution is 2.45. The average Bonchev–Trinajstić information content (AvgIpc) is 2.58. The molecule has 0 spiro atoms. The molecule has 90 valence electrons. The lowest BCUT2D eigenvalue weighted by Crippen LogP contribution is -2.47. The maximum atomic E-state index is 12.7. The summed E-state index contributed by atoms with van der Waals surface area (Å²) < 4.78 is 38.1. The molecule has 1 unspecified atom stereocenters. The molecule has 1 rings (SSSR count). The molecule has 1 N–H and O–H groups in total. The van der Waals surface area contributed by atoms with Crippen molar-refractivity contribution in [3.8, 4) is 6.07 Å². The SMILES string of the molecule is N#CCCN1CCC(C(=O)O)(C(F)(F)F)C1. The standard InChI is InChI=1S/C9H11F3N2O2/c10-9(11,12)8(7(15)16)2-5-14(6-8)4-1-3-13/h1-2,4-6H2,(H,15,16). The van der Waals surface area contributed by atoms with Gasteiger partial charge in [-0.25, -0.2) is 0 Å². The van der Waals surface area contributed by atoms with E-state index in [9.17, 15) is 18.0 Å². The van der Waals surface area contributed by atoms with Crippen molar-refractivity contribution in [2.45, 2.75) is 19.0 Å². The monoisotopic (exact) mass is 236 g/mol. The van der Waals surface area contributed by atoms with Crippen LogP contribution >= 0.6 is 0 Å². The number of rotatable bonds is 3. The zero-order valence-corrected chi connectivity index (χ0v) is 8.42. The predicted molar refractivity (Wildman–Crippen MR) is 47.4 cm³/mol. The fraction of sp³-hybridized carbons (Fsp3) is 0.778. The van der Waals surface area contributed by atoms with Crippen molar-refractivity contribution in [2.24, 2.45) is 5.41 Å². The van der Waals surface area contributed by atoms with Crippen LogP contribution in [0.4, 0.5) is 13.2 Å². The number of carboxylic acid groups (broad SMARTS) is 1. The molecule has 1 heterocycles. The zero-order chi connectivity index (χ0) is 12.4. The van der Waals surface area contributed by atoms with Gasteiger partial charge in [0.1, 0.15) is 0 Å². The second-order valence-corrected chi connectivity index (χ2v) is 3.82. The summed E-state index contributed by atoms with van der Waals surface area (Å²) >= 11 is 0.